The Labute approximate surface area is 173 Å². The highest BCUT2D eigenvalue weighted by atomic mass is 16.5. The maximum atomic E-state index is 12.6. The van der Waals surface area contributed by atoms with Crippen LogP contribution in [-0.2, 0) is 0 Å². The molecule has 2 aromatic heterocycles. The maximum absolute atomic E-state index is 12.6. The molecule has 0 bridgehead atoms. The molecule has 8 heteroatoms. The van der Waals surface area contributed by atoms with Crippen molar-refractivity contribution in [3.8, 4) is 11.3 Å². The number of carbonyl (C=O) groups is 1. The van der Waals surface area contributed by atoms with E-state index in [1.165, 1.54) is 0 Å². The van der Waals surface area contributed by atoms with Gasteiger partial charge in [0.1, 0.15) is 5.52 Å². The summed E-state index contributed by atoms with van der Waals surface area (Å²) in [6, 6.07) is 17.0. The number of nitrogens with one attached hydrogen (secondary N) is 2. The first-order valence-corrected chi connectivity index (χ1v) is 9.59. The molecule has 0 aliphatic carbocycles. The smallest absolute Gasteiger partial charge is 0.251 e. The van der Waals surface area contributed by atoms with E-state index >= 15 is 0 Å². The Morgan fingerprint density at radius 1 is 1.07 bits per heavy atom. The summed E-state index contributed by atoms with van der Waals surface area (Å²) in [7, 11) is 3.88. The van der Waals surface area contributed by atoms with Crippen LogP contribution in [0.2, 0.25) is 0 Å². The number of nitrogens with zero attached hydrogens (tertiary/aromatic N) is 4. The van der Waals surface area contributed by atoms with Gasteiger partial charge < -0.3 is 20.1 Å². The summed E-state index contributed by atoms with van der Waals surface area (Å²) in [6.07, 6.45) is 1.69. The van der Waals surface area contributed by atoms with Crippen LogP contribution in [0.1, 0.15) is 10.4 Å². The van der Waals surface area contributed by atoms with Crippen LogP contribution in [0.5, 0.6) is 0 Å². The Balaban J connectivity index is 1.39. The standard InChI is InChI=1S/C22H22N6O2/c1-28(2)17-13-20(26-25-14-17)23-10-11-24-22(29)16-8-9-19-18(12-16)21(30-27-19)15-6-4-3-5-7-15/h3-9,12-14H,10-11H2,1-2H3,(H,23,26)(H,24,29). The van der Waals surface area contributed by atoms with Crippen LogP contribution >= 0.6 is 0 Å². The second-order valence-electron chi connectivity index (χ2n) is 6.99. The Hall–Kier alpha value is -3.94. The molecule has 0 saturated heterocycles. The first kappa shape index (κ1) is 19.4. The van der Waals surface area contributed by atoms with Crippen LogP contribution in [0, 0.1) is 0 Å². The van der Waals surface area contributed by atoms with Gasteiger partial charge in [-0.2, -0.15) is 5.10 Å². The van der Waals surface area contributed by atoms with E-state index in [4.69, 9.17) is 4.52 Å². The number of rotatable bonds is 7. The van der Waals surface area contributed by atoms with E-state index in [1.807, 2.05) is 61.5 Å². The normalized spacial score (nSPS) is 10.7. The molecule has 1 amide bonds. The summed E-state index contributed by atoms with van der Waals surface area (Å²) in [5.41, 5.74) is 3.14. The molecule has 0 saturated carbocycles. The SMILES string of the molecule is CN(C)c1cnnc(NCCNC(=O)c2ccc3noc(-c4ccccc4)c3c2)c1. The van der Waals surface area contributed by atoms with Crippen molar-refractivity contribution in [2.24, 2.45) is 0 Å². The molecule has 0 unspecified atom stereocenters. The molecule has 0 spiro atoms. The highest BCUT2D eigenvalue weighted by molar-refractivity contribution is 6.00. The molecule has 0 aliphatic heterocycles. The average Bonchev–Trinajstić information content (AvgIpc) is 3.20. The summed E-state index contributed by atoms with van der Waals surface area (Å²) < 4.78 is 5.50. The van der Waals surface area contributed by atoms with Gasteiger partial charge in [-0.15, -0.1) is 5.10 Å². The van der Waals surface area contributed by atoms with Crippen molar-refractivity contribution in [3.63, 3.8) is 0 Å². The first-order chi connectivity index (χ1) is 14.6. The van der Waals surface area contributed by atoms with Gasteiger partial charge in [0.2, 0.25) is 0 Å². The molecular formula is C22H22N6O2. The average molecular weight is 402 g/mol. The van der Waals surface area contributed by atoms with Gasteiger partial charge in [-0.3, -0.25) is 4.79 Å². The molecule has 2 aromatic carbocycles. The van der Waals surface area contributed by atoms with E-state index in [2.05, 4.69) is 26.0 Å². The van der Waals surface area contributed by atoms with E-state index < -0.39 is 0 Å². The molecule has 2 heterocycles. The third kappa shape index (κ3) is 4.22. The summed E-state index contributed by atoms with van der Waals surface area (Å²) in [6.45, 7) is 0.974. The van der Waals surface area contributed by atoms with Crippen LogP contribution in [0.4, 0.5) is 11.5 Å². The van der Waals surface area contributed by atoms with Crippen LogP contribution in [0.15, 0.2) is 65.3 Å². The van der Waals surface area contributed by atoms with Crippen LogP contribution in [-0.4, -0.2) is 48.4 Å². The Morgan fingerprint density at radius 2 is 1.90 bits per heavy atom. The van der Waals surface area contributed by atoms with Crippen molar-refractivity contribution in [2.45, 2.75) is 0 Å². The molecule has 0 aliphatic rings. The summed E-state index contributed by atoms with van der Waals surface area (Å²) >= 11 is 0. The lowest BCUT2D eigenvalue weighted by Gasteiger charge is -2.13. The Morgan fingerprint density at radius 3 is 2.70 bits per heavy atom. The predicted molar refractivity (Wildman–Crippen MR) is 117 cm³/mol. The summed E-state index contributed by atoms with van der Waals surface area (Å²) in [5, 5.41) is 19.0. The minimum absolute atomic E-state index is 0.160. The van der Waals surface area contributed by atoms with Crippen LogP contribution < -0.4 is 15.5 Å². The zero-order valence-corrected chi connectivity index (χ0v) is 16.8. The number of hydrogen-bond acceptors (Lipinski definition) is 7. The van der Waals surface area contributed by atoms with Gasteiger partial charge in [0.15, 0.2) is 11.6 Å². The summed E-state index contributed by atoms with van der Waals surface area (Å²) in [5.74, 6) is 1.15. The van der Waals surface area contributed by atoms with Crippen molar-refractivity contribution >= 4 is 28.3 Å². The largest absolute Gasteiger partial charge is 0.376 e. The lowest BCUT2D eigenvalue weighted by Crippen LogP contribution is -2.29. The van der Waals surface area contributed by atoms with Crippen LogP contribution in [0.25, 0.3) is 22.2 Å². The molecule has 8 nitrogen and oxygen atoms in total. The molecule has 4 rings (SSSR count). The third-order valence-electron chi connectivity index (χ3n) is 4.65. The number of hydrogen-bond donors (Lipinski definition) is 2. The minimum atomic E-state index is -0.160. The van der Waals surface area contributed by atoms with Gasteiger partial charge in [0.05, 0.1) is 17.3 Å². The second kappa shape index (κ2) is 8.60. The van der Waals surface area contributed by atoms with E-state index in [0.717, 1.165) is 16.6 Å². The quantitative estimate of drug-likeness (QED) is 0.458. The van der Waals surface area contributed by atoms with Gasteiger partial charge in [0, 0.05) is 44.4 Å². The van der Waals surface area contributed by atoms with Gasteiger partial charge in [0.25, 0.3) is 5.91 Å². The highest BCUT2D eigenvalue weighted by Gasteiger charge is 2.13. The molecule has 0 atom stereocenters. The predicted octanol–water partition coefficient (Wildman–Crippen LogP) is 3.19. The van der Waals surface area contributed by atoms with Crippen molar-refractivity contribution in [3.05, 3.63) is 66.4 Å². The lowest BCUT2D eigenvalue weighted by atomic mass is 10.1. The Kier molecular flexibility index (Phi) is 5.56. The van der Waals surface area contributed by atoms with Gasteiger partial charge in [-0.05, 0) is 18.2 Å². The molecule has 152 valence electrons. The zero-order chi connectivity index (χ0) is 20.9. The fraction of sp³-hybridized carbons (Fsp3) is 0.182. The van der Waals surface area contributed by atoms with E-state index in [0.29, 0.717) is 35.7 Å². The third-order valence-corrected chi connectivity index (χ3v) is 4.65. The maximum Gasteiger partial charge on any atom is 0.251 e. The number of anilines is 2. The van der Waals surface area contributed by atoms with E-state index in [-0.39, 0.29) is 5.91 Å². The van der Waals surface area contributed by atoms with E-state index in [1.54, 1.807) is 18.3 Å². The lowest BCUT2D eigenvalue weighted by molar-refractivity contribution is 0.0955. The van der Waals surface area contributed by atoms with Crippen molar-refractivity contribution in [2.75, 3.05) is 37.4 Å². The number of aromatic nitrogens is 3. The fourth-order valence-corrected chi connectivity index (χ4v) is 3.04. The van der Waals surface area contributed by atoms with Gasteiger partial charge >= 0.3 is 0 Å². The topological polar surface area (TPSA) is 96.2 Å². The first-order valence-electron chi connectivity index (χ1n) is 9.59. The van der Waals surface area contributed by atoms with Crippen molar-refractivity contribution in [1.29, 1.82) is 0 Å². The number of carbonyl (C=O) groups excluding carboxylic acids is 1. The van der Waals surface area contributed by atoms with Gasteiger partial charge in [-0.25, -0.2) is 0 Å². The molecule has 30 heavy (non-hydrogen) atoms. The van der Waals surface area contributed by atoms with Crippen molar-refractivity contribution < 1.29 is 9.32 Å². The molecule has 2 N–H and O–H groups in total. The molecule has 0 radical (unpaired) electrons. The van der Waals surface area contributed by atoms with Gasteiger partial charge in [-0.1, -0.05) is 35.5 Å². The second-order valence-corrected chi connectivity index (χ2v) is 6.99. The summed E-state index contributed by atoms with van der Waals surface area (Å²) in [4.78, 5) is 14.5. The molecule has 4 aromatic rings. The number of fused-ring (bicyclic) bond motifs is 1. The Bertz CT molecular complexity index is 1160. The minimum Gasteiger partial charge on any atom is -0.376 e. The molecule has 0 fully saturated rings. The highest BCUT2D eigenvalue weighted by Crippen LogP contribution is 2.29. The number of benzene rings is 2. The monoisotopic (exact) mass is 402 g/mol. The van der Waals surface area contributed by atoms with Crippen LogP contribution in [0.3, 0.4) is 0 Å². The fourth-order valence-electron chi connectivity index (χ4n) is 3.04. The van der Waals surface area contributed by atoms with E-state index in [9.17, 15) is 4.79 Å². The number of amides is 1. The molecular weight excluding hydrogens is 380 g/mol. The zero-order valence-electron chi connectivity index (χ0n) is 16.8. The van der Waals surface area contributed by atoms with Crippen molar-refractivity contribution in [1.82, 2.24) is 20.7 Å².